The molecule has 29 heavy (non-hydrogen) atoms. The number of carbonyl (C=O) groups is 2. The Bertz CT molecular complexity index is 945. The molecule has 154 valence electrons. The van der Waals surface area contributed by atoms with Gasteiger partial charge < -0.3 is 14.2 Å². The second-order valence-corrected chi connectivity index (χ2v) is 8.91. The largest absolute Gasteiger partial charge is 0.466 e. The van der Waals surface area contributed by atoms with Crippen molar-refractivity contribution in [3.63, 3.8) is 0 Å². The summed E-state index contributed by atoms with van der Waals surface area (Å²) in [6, 6.07) is 10.2. The lowest BCUT2D eigenvalue weighted by atomic mass is 9.87. The van der Waals surface area contributed by atoms with E-state index >= 15 is 0 Å². The van der Waals surface area contributed by atoms with Gasteiger partial charge in [-0.15, -0.1) is 0 Å². The van der Waals surface area contributed by atoms with Gasteiger partial charge in [-0.05, 0) is 38.0 Å². The fourth-order valence-corrected chi connectivity index (χ4v) is 5.10. The Morgan fingerprint density at radius 2 is 1.79 bits per heavy atom. The highest BCUT2D eigenvalue weighted by Crippen LogP contribution is 2.46. The van der Waals surface area contributed by atoms with Gasteiger partial charge in [0.05, 0.1) is 11.6 Å². The molecular weight excluding hydrogens is 364 g/mol. The summed E-state index contributed by atoms with van der Waals surface area (Å²) in [5, 5.41) is 0. The average Bonchev–Trinajstić information content (AvgIpc) is 3.33. The van der Waals surface area contributed by atoms with Gasteiger partial charge >= 0.3 is 0 Å². The van der Waals surface area contributed by atoms with Crippen molar-refractivity contribution in [1.29, 1.82) is 0 Å². The minimum absolute atomic E-state index is 0.0288. The number of furan rings is 1. The molecule has 3 heterocycles. The van der Waals surface area contributed by atoms with Crippen LogP contribution in [0.2, 0.25) is 0 Å². The molecule has 0 spiro atoms. The molecule has 2 aromatic rings. The van der Waals surface area contributed by atoms with E-state index in [4.69, 9.17) is 4.42 Å². The number of likely N-dealkylation sites (tertiary alicyclic amines) is 2. The first-order valence-corrected chi connectivity index (χ1v) is 10.5. The van der Waals surface area contributed by atoms with Gasteiger partial charge in [0, 0.05) is 37.4 Å². The molecule has 2 aliphatic heterocycles. The van der Waals surface area contributed by atoms with E-state index in [1.165, 1.54) is 11.1 Å². The third-order valence-electron chi connectivity index (χ3n) is 6.51. The second kappa shape index (κ2) is 7.36. The predicted molar refractivity (Wildman–Crippen MR) is 112 cm³/mol. The van der Waals surface area contributed by atoms with Crippen molar-refractivity contribution >= 4 is 11.8 Å². The van der Waals surface area contributed by atoms with Crippen molar-refractivity contribution in [3.05, 3.63) is 58.5 Å². The third kappa shape index (κ3) is 3.37. The van der Waals surface area contributed by atoms with Gasteiger partial charge in [-0.2, -0.15) is 0 Å². The first-order chi connectivity index (χ1) is 13.8. The Morgan fingerprint density at radius 1 is 1.07 bits per heavy atom. The number of carbonyl (C=O) groups excluding carboxylic acids is 2. The molecule has 1 aromatic heterocycles. The van der Waals surface area contributed by atoms with E-state index in [0.29, 0.717) is 36.9 Å². The Balaban J connectivity index is 1.64. The zero-order valence-electron chi connectivity index (χ0n) is 17.9. The van der Waals surface area contributed by atoms with Gasteiger partial charge in [0.25, 0.3) is 5.91 Å². The van der Waals surface area contributed by atoms with Crippen LogP contribution in [0.25, 0.3) is 0 Å². The Kier molecular flexibility index (Phi) is 5.01. The van der Waals surface area contributed by atoms with E-state index < -0.39 is 0 Å². The van der Waals surface area contributed by atoms with E-state index in [2.05, 4.69) is 24.0 Å². The van der Waals surface area contributed by atoms with E-state index in [9.17, 15) is 9.59 Å². The molecule has 0 unspecified atom stereocenters. The van der Waals surface area contributed by atoms with Crippen LogP contribution in [0.5, 0.6) is 0 Å². The van der Waals surface area contributed by atoms with Gasteiger partial charge in [0.1, 0.15) is 11.5 Å². The summed E-state index contributed by atoms with van der Waals surface area (Å²) in [7, 11) is 0. The average molecular weight is 395 g/mol. The number of hydrogen-bond donors (Lipinski definition) is 0. The lowest BCUT2D eigenvalue weighted by Gasteiger charge is -2.32. The first-order valence-electron chi connectivity index (χ1n) is 10.5. The Morgan fingerprint density at radius 3 is 2.41 bits per heavy atom. The summed E-state index contributed by atoms with van der Waals surface area (Å²) in [6.07, 6.45) is 0. The topological polar surface area (TPSA) is 53.8 Å². The smallest absolute Gasteiger partial charge is 0.257 e. The molecule has 0 aliphatic carbocycles. The fourth-order valence-electron chi connectivity index (χ4n) is 5.10. The molecule has 2 fully saturated rings. The van der Waals surface area contributed by atoms with Crippen LogP contribution in [0.3, 0.4) is 0 Å². The van der Waals surface area contributed by atoms with Gasteiger partial charge in [-0.25, -0.2) is 0 Å². The lowest BCUT2D eigenvalue weighted by Crippen LogP contribution is -2.39. The van der Waals surface area contributed by atoms with Crippen LogP contribution in [-0.2, 0) is 4.79 Å². The molecule has 2 aliphatic rings. The summed E-state index contributed by atoms with van der Waals surface area (Å²) in [6.45, 7) is 11.8. The van der Waals surface area contributed by atoms with Gasteiger partial charge in [-0.3, -0.25) is 9.59 Å². The Hall–Kier alpha value is -2.56. The highest BCUT2D eigenvalue weighted by Gasteiger charge is 2.50. The van der Waals surface area contributed by atoms with Crippen LogP contribution in [-0.4, -0.2) is 41.2 Å². The summed E-state index contributed by atoms with van der Waals surface area (Å²) < 4.78 is 5.57. The molecule has 5 heteroatoms. The maximum Gasteiger partial charge on any atom is 0.257 e. The summed E-state index contributed by atoms with van der Waals surface area (Å²) in [5.74, 6) is 2.21. The second-order valence-electron chi connectivity index (χ2n) is 8.91. The van der Waals surface area contributed by atoms with E-state index in [-0.39, 0.29) is 29.7 Å². The number of fused-ring (bicyclic) bond motifs is 1. The monoisotopic (exact) mass is 394 g/mol. The summed E-state index contributed by atoms with van der Waals surface area (Å²) in [5.41, 5.74) is 3.06. The van der Waals surface area contributed by atoms with Crippen LogP contribution in [0.4, 0.5) is 0 Å². The fraction of sp³-hybridized carbons (Fsp3) is 0.500. The van der Waals surface area contributed by atoms with Crippen LogP contribution in [0, 0.1) is 38.5 Å². The molecule has 1 aromatic carbocycles. The van der Waals surface area contributed by atoms with Gasteiger partial charge in [-0.1, -0.05) is 38.1 Å². The number of aryl methyl sites for hydroxylation is 3. The molecule has 2 saturated heterocycles. The van der Waals surface area contributed by atoms with Crippen molar-refractivity contribution in [2.45, 2.75) is 40.7 Å². The third-order valence-corrected chi connectivity index (χ3v) is 6.51. The number of rotatable bonds is 3. The van der Waals surface area contributed by atoms with Crippen LogP contribution in [0.1, 0.15) is 52.9 Å². The Labute approximate surface area is 172 Å². The van der Waals surface area contributed by atoms with Crippen molar-refractivity contribution in [3.8, 4) is 0 Å². The van der Waals surface area contributed by atoms with E-state index in [1.54, 1.807) is 0 Å². The SMILES string of the molecule is Cc1cc(C(=O)N2C[C@H]3CN(C(=O)C(C)C)[C@@H](c4ccccc4C)[C@H]3C2)c(C)o1. The van der Waals surface area contributed by atoms with Crippen molar-refractivity contribution in [2.75, 3.05) is 19.6 Å². The summed E-state index contributed by atoms with van der Waals surface area (Å²) >= 11 is 0. The standard InChI is InChI=1S/C24H30N2O3/c1-14(2)23(27)26-12-18-11-25(24(28)20-10-16(4)29-17(20)5)13-21(18)22(26)19-9-7-6-8-15(19)3/h6-10,14,18,21-22H,11-13H2,1-5H3/t18-,21-,22-/m0/s1. The van der Waals surface area contributed by atoms with Gasteiger partial charge in [0.2, 0.25) is 5.91 Å². The van der Waals surface area contributed by atoms with E-state index in [0.717, 1.165) is 5.76 Å². The highest BCUT2D eigenvalue weighted by atomic mass is 16.3. The quantitative estimate of drug-likeness (QED) is 0.786. The van der Waals surface area contributed by atoms with Crippen LogP contribution < -0.4 is 0 Å². The molecule has 3 atom stereocenters. The number of benzene rings is 1. The minimum Gasteiger partial charge on any atom is -0.466 e. The number of hydrogen-bond acceptors (Lipinski definition) is 3. The lowest BCUT2D eigenvalue weighted by molar-refractivity contribution is -0.136. The molecule has 2 amide bonds. The highest BCUT2D eigenvalue weighted by molar-refractivity contribution is 5.95. The van der Waals surface area contributed by atoms with Crippen molar-refractivity contribution < 1.29 is 14.0 Å². The number of nitrogens with zero attached hydrogens (tertiary/aromatic N) is 2. The summed E-state index contributed by atoms with van der Waals surface area (Å²) in [4.78, 5) is 30.1. The maximum atomic E-state index is 13.1. The zero-order valence-corrected chi connectivity index (χ0v) is 17.9. The minimum atomic E-state index is -0.0327. The first kappa shape index (κ1) is 19.7. The van der Waals surface area contributed by atoms with Crippen molar-refractivity contribution in [1.82, 2.24) is 9.80 Å². The molecule has 0 N–H and O–H groups in total. The predicted octanol–water partition coefficient (Wildman–Crippen LogP) is 4.13. The zero-order chi connectivity index (χ0) is 20.9. The molecule has 0 bridgehead atoms. The van der Waals surface area contributed by atoms with E-state index in [1.807, 2.05) is 50.8 Å². The van der Waals surface area contributed by atoms with Gasteiger partial charge in [0.15, 0.2) is 0 Å². The van der Waals surface area contributed by atoms with Crippen LogP contribution >= 0.6 is 0 Å². The molecular formula is C24H30N2O3. The molecule has 4 rings (SSSR count). The molecule has 0 saturated carbocycles. The maximum absolute atomic E-state index is 13.1. The van der Waals surface area contributed by atoms with Crippen molar-refractivity contribution in [2.24, 2.45) is 17.8 Å². The normalized spacial score (nSPS) is 23.7. The number of amides is 2. The van der Waals surface area contributed by atoms with Crippen LogP contribution in [0.15, 0.2) is 34.7 Å². The molecule has 0 radical (unpaired) electrons. The molecule has 5 nitrogen and oxygen atoms in total.